The van der Waals surface area contributed by atoms with Gasteiger partial charge in [-0.25, -0.2) is 0 Å². The Morgan fingerprint density at radius 2 is 1.46 bits per heavy atom. The largest absolute Gasteiger partial charge is 0.462 e. The molecule has 10 heteroatoms. The fraction of sp³-hybridized carbons (Fsp3) is 0.763. The lowest BCUT2D eigenvalue weighted by molar-refractivity contribution is -0.194. The van der Waals surface area contributed by atoms with Gasteiger partial charge in [0.25, 0.3) is 0 Å². The van der Waals surface area contributed by atoms with Gasteiger partial charge in [-0.05, 0) is 72.0 Å². The van der Waals surface area contributed by atoms with Crippen LogP contribution in [0.2, 0.25) is 0 Å². The molecule has 1 aromatic carbocycles. The predicted octanol–water partition coefficient (Wildman–Crippen LogP) is 6.57. The first-order valence-corrected chi connectivity index (χ1v) is 18.3. The van der Waals surface area contributed by atoms with Gasteiger partial charge in [-0.2, -0.15) is 0 Å². The van der Waals surface area contributed by atoms with E-state index in [-0.39, 0.29) is 18.0 Å². The van der Waals surface area contributed by atoms with Crippen LogP contribution in [0.3, 0.4) is 0 Å². The molecule has 10 nitrogen and oxygen atoms in total. The van der Waals surface area contributed by atoms with Crippen LogP contribution in [-0.4, -0.2) is 86.5 Å². The minimum atomic E-state index is -0.560. The first-order valence-electron chi connectivity index (χ1n) is 18.3. The zero-order valence-electron chi connectivity index (χ0n) is 31.4. The van der Waals surface area contributed by atoms with Gasteiger partial charge in [0.1, 0.15) is 24.6 Å². The summed E-state index contributed by atoms with van der Waals surface area (Å²) in [5.74, 6) is -0.491. The Morgan fingerprint density at radius 3 is 2.00 bits per heavy atom. The molecule has 1 aliphatic rings. The van der Waals surface area contributed by atoms with Crippen LogP contribution >= 0.6 is 0 Å². The van der Waals surface area contributed by atoms with Crippen molar-refractivity contribution in [2.24, 2.45) is 5.73 Å². The van der Waals surface area contributed by atoms with E-state index in [0.29, 0.717) is 57.3 Å². The Labute approximate surface area is 292 Å². The summed E-state index contributed by atoms with van der Waals surface area (Å²) in [6, 6.07) is 10.9. The van der Waals surface area contributed by atoms with Crippen molar-refractivity contribution in [2.75, 3.05) is 26.9 Å². The standard InChI is InChI=1S/C33H57N3O6.C3H6O.C2H6/c1-25(2)36(26(3)4)24-35-20-14-8-12-18-32(38)42-30-22-28(41-31(37)17-11-7-13-19-34)21-29(39-5)33(30)40-23-27-15-9-6-10-16-27;1-2-3-4;1-2/h6,9-10,15-16,25-26,28-30,33,35H,7-8,11-14,17-24,34H2,1-5H3;3H,2H2,1H3;1-2H3. The Balaban J connectivity index is 0.00000341. The quantitative estimate of drug-likeness (QED) is 0.0601. The van der Waals surface area contributed by atoms with E-state index in [0.717, 1.165) is 63.6 Å². The van der Waals surface area contributed by atoms with E-state index < -0.39 is 18.3 Å². The van der Waals surface area contributed by atoms with Crippen molar-refractivity contribution in [3.63, 3.8) is 0 Å². The van der Waals surface area contributed by atoms with Crippen molar-refractivity contribution in [3.8, 4) is 0 Å². The third-order valence-corrected chi connectivity index (χ3v) is 8.00. The maximum Gasteiger partial charge on any atom is 0.306 e. The van der Waals surface area contributed by atoms with Crippen molar-refractivity contribution >= 4 is 18.2 Å². The van der Waals surface area contributed by atoms with Crippen molar-refractivity contribution in [1.29, 1.82) is 0 Å². The van der Waals surface area contributed by atoms with Gasteiger partial charge >= 0.3 is 11.9 Å². The lowest BCUT2D eigenvalue weighted by Gasteiger charge is -2.40. The highest BCUT2D eigenvalue weighted by Gasteiger charge is 2.42. The Morgan fingerprint density at radius 1 is 0.896 bits per heavy atom. The number of esters is 2. The second-order valence-electron chi connectivity index (χ2n) is 12.5. The monoisotopic (exact) mass is 680 g/mol. The van der Waals surface area contributed by atoms with Crippen LogP contribution in [0.4, 0.5) is 0 Å². The van der Waals surface area contributed by atoms with Gasteiger partial charge in [0.05, 0.1) is 12.7 Å². The van der Waals surface area contributed by atoms with E-state index >= 15 is 0 Å². The molecule has 4 atom stereocenters. The van der Waals surface area contributed by atoms with Gasteiger partial charge in [0.2, 0.25) is 0 Å². The summed E-state index contributed by atoms with van der Waals surface area (Å²) in [6.07, 6.45) is 6.58. The van der Waals surface area contributed by atoms with E-state index in [1.54, 1.807) is 7.11 Å². The number of methoxy groups -OCH3 is 1. The number of hydrogen-bond donors (Lipinski definition) is 2. The Bertz CT molecular complexity index is 924. The molecule has 0 aliphatic heterocycles. The molecular formula is C38H69N3O7. The molecule has 0 radical (unpaired) electrons. The third-order valence-electron chi connectivity index (χ3n) is 8.00. The number of nitrogens with one attached hydrogen (secondary N) is 1. The first kappa shape index (κ1) is 45.6. The summed E-state index contributed by atoms with van der Waals surface area (Å²) in [6.45, 7) is 17.4. The maximum absolute atomic E-state index is 12.9. The lowest BCUT2D eigenvalue weighted by Crippen LogP contribution is -2.51. The minimum Gasteiger partial charge on any atom is -0.462 e. The molecule has 1 fully saturated rings. The topological polar surface area (TPSA) is 129 Å². The van der Waals surface area contributed by atoms with Gasteiger partial charge in [-0.1, -0.05) is 63.9 Å². The van der Waals surface area contributed by atoms with Gasteiger partial charge in [0, 0.05) is 58.0 Å². The molecule has 0 spiro atoms. The van der Waals surface area contributed by atoms with Crippen molar-refractivity contribution in [3.05, 3.63) is 35.9 Å². The van der Waals surface area contributed by atoms with Crippen molar-refractivity contribution in [1.82, 2.24) is 10.2 Å². The van der Waals surface area contributed by atoms with Crippen LogP contribution in [-0.2, 0) is 39.9 Å². The fourth-order valence-electron chi connectivity index (χ4n) is 5.47. The molecule has 0 amide bonds. The number of benzene rings is 1. The maximum atomic E-state index is 12.9. The minimum absolute atomic E-state index is 0.237. The molecule has 4 unspecified atom stereocenters. The number of carbonyl (C=O) groups excluding carboxylic acids is 3. The Hall–Kier alpha value is -2.37. The number of nitrogens with two attached hydrogens (primary N) is 1. The molecule has 0 saturated heterocycles. The normalized spacial score (nSPS) is 18.8. The lowest BCUT2D eigenvalue weighted by atomic mass is 9.89. The summed E-state index contributed by atoms with van der Waals surface area (Å²) >= 11 is 0. The highest BCUT2D eigenvalue weighted by molar-refractivity contribution is 5.70. The zero-order chi connectivity index (χ0) is 36.2. The molecule has 1 saturated carbocycles. The Kier molecular flexibility index (Phi) is 28.1. The van der Waals surface area contributed by atoms with Crippen LogP contribution in [0, 0.1) is 0 Å². The number of hydrogen-bond acceptors (Lipinski definition) is 10. The number of ether oxygens (including phenoxy) is 4. The average Bonchev–Trinajstić information content (AvgIpc) is 3.08. The van der Waals surface area contributed by atoms with Crippen molar-refractivity contribution in [2.45, 2.75) is 162 Å². The molecule has 0 heterocycles. The third kappa shape index (κ3) is 20.9. The van der Waals surface area contributed by atoms with Gasteiger partial charge in [-0.15, -0.1) is 0 Å². The summed E-state index contributed by atoms with van der Waals surface area (Å²) in [5.41, 5.74) is 6.58. The average molecular weight is 680 g/mol. The number of aldehydes is 1. The van der Waals surface area contributed by atoms with Crippen LogP contribution in [0.1, 0.15) is 125 Å². The van der Waals surface area contributed by atoms with E-state index in [1.165, 1.54) is 0 Å². The van der Waals surface area contributed by atoms with Crippen molar-refractivity contribution < 1.29 is 33.3 Å². The van der Waals surface area contributed by atoms with Gasteiger partial charge in [0.15, 0.2) is 0 Å². The smallest absolute Gasteiger partial charge is 0.306 e. The molecule has 0 aromatic heterocycles. The van der Waals surface area contributed by atoms with E-state index in [9.17, 15) is 14.4 Å². The van der Waals surface area contributed by atoms with Crippen LogP contribution in [0.15, 0.2) is 30.3 Å². The number of nitrogens with zero attached hydrogens (tertiary/aromatic N) is 1. The number of rotatable bonds is 22. The molecule has 1 aliphatic carbocycles. The van der Waals surface area contributed by atoms with Gasteiger partial charge in [-0.3, -0.25) is 14.5 Å². The van der Waals surface area contributed by atoms with E-state index in [2.05, 4.69) is 37.9 Å². The molecule has 2 rings (SSSR count). The number of carbonyl (C=O) groups is 3. The summed E-state index contributed by atoms with van der Waals surface area (Å²) in [7, 11) is 1.62. The fourth-order valence-corrected chi connectivity index (χ4v) is 5.47. The SMILES string of the molecule is CC.CCC=O.COC1CC(OC(=O)CCCCCN)CC(OC(=O)CCCCCNCN(C(C)C)C(C)C)C1OCc1ccccc1. The number of unbranched alkanes of at least 4 members (excludes halogenated alkanes) is 4. The van der Waals surface area contributed by atoms with Crippen LogP contribution in [0.5, 0.6) is 0 Å². The van der Waals surface area contributed by atoms with Gasteiger partial charge < -0.3 is 34.8 Å². The highest BCUT2D eigenvalue weighted by Crippen LogP contribution is 2.30. The first-order chi connectivity index (χ1) is 23.2. The van der Waals surface area contributed by atoms with Crippen LogP contribution in [0.25, 0.3) is 0 Å². The molecular weight excluding hydrogens is 610 g/mol. The summed E-state index contributed by atoms with van der Waals surface area (Å²) in [4.78, 5) is 37.0. The molecule has 3 N–H and O–H groups in total. The second-order valence-corrected chi connectivity index (χ2v) is 12.5. The molecule has 48 heavy (non-hydrogen) atoms. The van der Waals surface area contributed by atoms with E-state index in [4.69, 9.17) is 24.7 Å². The van der Waals surface area contributed by atoms with E-state index in [1.807, 2.05) is 51.1 Å². The van der Waals surface area contributed by atoms with Crippen LogP contribution < -0.4 is 11.1 Å². The second kappa shape index (κ2) is 29.5. The summed E-state index contributed by atoms with van der Waals surface area (Å²) < 4.78 is 23.9. The predicted molar refractivity (Wildman–Crippen MR) is 193 cm³/mol. The molecule has 278 valence electrons. The zero-order valence-corrected chi connectivity index (χ0v) is 31.4. The summed E-state index contributed by atoms with van der Waals surface area (Å²) in [5, 5.41) is 3.52. The highest BCUT2D eigenvalue weighted by atomic mass is 16.6. The molecule has 1 aromatic rings. The molecule has 0 bridgehead atoms.